The number of hydrogen-bond acceptors (Lipinski definition) is 7. The third-order valence-corrected chi connectivity index (χ3v) is 2.51. The highest BCUT2D eigenvalue weighted by Crippen LogP contribution is 2.28. The quantitative estimate of drug-likeness (QED) is 0.516. The van der Waals surface area contributed by atoms with Crippen LogP contribution in [0.15, 0.2) is 18.6 Å². The molecule has 1 N–H and O–H groups in total. The van der Waals surface area contributed by atoms with Gasteiger partial charge in [-0.2, -0.15) is 0 Å². The van der Waals surface area contributed by atoms with E-state index in [0.29, 0.717) is 11.5 Å². The average Bonchev–Trinajstić information content (AvgIpc) is 2.36. The number of aryl methyl sites for hydroxylation is 1. The first-order chi connectivity index (χ1) is 9.08. The molecule has 8 nitrogen and oxygen atoms in total. The van der Waals surface area contributed by atoms with Gasteiger partial charge in [-0.25, -0.2) is 19.9 Å². The third-order valence-electron chi connectivity index (χ3n) is 2.23. The van der Waals surface area contributed by atoms with Gasteiger partial charge in [0.25, 0.3) is 0 Å². The maximum Gasteiger partial charge on any atom is 0.348 e. The van der Waals surface area contributed by atoms with E-state index in [2.05, 4.69) is 25.3 Å². The second kappa shape index (κ2) is 5.53. The topological polar surface area (TPSA) is 107 Å². The minimum atomic E-state index is -0.629. The summed E-state index contributed by atoms with van der Waals surface area (Å²) in [7, 11) is 0. The van der Waals surface area contributed by atoms with Gasteiger partial charge in [0.1, 0.15) is 12.2 Å². The van der Waals surface area contributed by atoms with Crippen molar-refractivity contribution in [2.75, 3.05) is 5.32 Å². The first-order valence-electron chi connectivity index (χ1n) is 5.25. The SMILES string of the molecule is Cc1nccc(CNc2ncnc(Cl)c2[N+](=O)[O-])n1. The Morgan fingerprint density at radius 2 is 2.21 bits per heavy atom. The highest BCUT2D eigenvalue weighted by Gasteiger charge is 2.21. The van der Waals surface area contributed by atoms with E-state index in [0.717, 1.165) is 6.33 Å². The van der Waals surface area contributed by atoms with Crippen molar-refractivity contribution < 1.29 is 4.92 Å². The molecule has 2 heterocycles. The minimum Gasteiger partial charge on any atom is -0.359 e. The zero-order chi connectivity index (χ0) is 13.8. The second-order valence-electron chi connectivity index (χ2n) is 3.57. The summed E-state index contributed by atoms with van der Waals surface area (Å²) in [6.07, 6.45) is 2.77. The van der Waals surface area contributed by atoms with Crippen molar-refractivity contribution in [3.8, 4) is 0 Å². The number of rotatable bonds is 4. The van der Waals surface area contributed by atoms with Crippen LogP contribution in [-0.2, 0) is 6.54 Å². The lowest BCUT2D eigenvalue weighted by Crippen LogP contribution is -2.07. The van der Waals surface area contributed by atoms with Crippen LogP contribution in [0.25, 0.3) is 0 Å². The molecular formula is C10H9ClN6O2. The van der Waals surface area contributed by atoms with Gasteiger partial charge < -0.3 is 5.32 Å². The van der Waals surface area contributed by atoms with Gasteiger partial charge in [0.2, 0.25) is 11.0 Å². The van der Waals surface area contributed by atoms with Crippen LogP contribution in [0.2, 0.25) is 5.15 Å². The Bertz CT molecular complexity index is 621. The van der Waals surface area contributed by atoms with Gasteiger partial charge in [0, 0.05) is 6.20 Å². The van der Waals surface area contributed by atoms with Gasteiger partial charge in [-0.1, -0.05) is 11.6 Å². The molecule has 0 aromatic carbocycles. The number of nitrogens with one attached hydrogen (secondary N) is 1. The highest BCUT2D eigenvalue weighted by atomic mass is 35.5. The lowest BCUT2D eigenvalue weighted by Gasteiger charge is -2.06. The zero-order valence-electron chi connectivity index (χ0n) is 9.87. The first-order valence-corrected chi connectivity index (χ1v) is 5.63. The van der Waals surface area contributed by atoms with Crippen LogP contribution in [0.3, 0.4) is 0 Å². The average molecular weight is 281 g/mol. The Morgan fingerprint density at radius 3 is 2.89 bits per heavy atom. The van der Waals surface area contributed by atoms with E-state index in [-0.39, 0.29) is 23.2 Å². The molecule has 0 amide bonds. The van der Waals surface area contributed by atoms with Gasteiger partial charge in [0.15, 0.2) is 0 Å². The maximum absolute atomic E-state index is 10.9. The Kier molecular flexibility index (Phi) is 3.81. The van der Waals surface area contributed by atoms with Crippen LogP contribution in [0.1, 0.15) is 11.5 Å². The van der Waals surface area contributed by atoms with Gasteiger partial charge in [0.05, 0.1) is 17.2 Å². The van der Waals surface area contributed by atoms with Gasteiger partial charge in [-0.05, 0) is 13.0 Å². The van der Waals surface area contributed by atoms with Crippen molar-refractivity contribution in [1.82, 2.24) is 19.9 Å². The lowest BCUT2D eigenvalue weighted by molar-refractivity contribution is -0.384. The predicted molar refractivity (Wildman–Crippen MR) is 67.8 cm³/mol. The molecular weight excluding hydrogens is 272 g/mol. The summed E-state index contributed by atoms with van der Waals surface area (Å²) in [6, 6.07) is 1.70. The molecule has 0 spiro atoms. The molecule has 0 saturated carbocycles. The van der Waals surface area contributed by atoms with Gasteiger partial charge >= 0.3 is 5.69 Å². The second-order valence-corrected chi connectivity index (χ2v) is 3.93. The molecule has 2 aromatic heterocycles. The van der Waals surface area contributed by atoms with Gasteiger partial charge in [-0.15, -0.1) is 0 Å². The summed E-state index contributed by atoms with van der Waals surface area (Å²) in [5.74, 6) is 0.677. The minimum absolute atomic E-state index is 0.0567. The molecule has 0 aliphatic carbocycles. The number of nitro groups is 1. The maximum atomic E-state index is 10.9. The van der Waals surface area contributed by atoms with Crippen LogP contribution >= 0.6 is 11.6 Å². The molecule has 19 heavy (non-hydrogen) atoms. The van der Waals surface area contributed by atoms with Crippen LogP contribution in [0, 0.1) is 17.0 Å². The summed E-state index contributed by atoms with van der Waals surface area (Å²) in [5.41, 5.74) is 0.339. The zero-order valence-corrected chi connectivity index (χ0v) is 10.6. The summed E-state index contributed by atoms with van der Waals surface area (Å²) >= 11 is 5.67. The van der Waals surface area contributed by atoms with Crippen molar-refractivity contribution in [1.29, 1.82) is 0 Å². The monoisotopic (exact) mass is 280 g/mol. The molecule has 0 aliphatic heterocycles. The Morgan fingerprint density at radius 1 is 1.42 bits per heavy atom. The molecule has 0 aliphatic rings. The van der Waals surface area contributed by atoms with E-state index >= 15 is 0 Å². The number of anilines is 1. The van der Waals surface area contributed by atoms with E-state index < -0.39 is 4.92 Å². The van der Waals surface area contributed by atoms with E-state index in [4.69, 9.17) is 11.6 Å². The molecule has 0 bridgehead atoms. The largest absolute Gasteiger partial charge is 0.359 e. The van der Waals surface area contributed by atoms with Gasteiger partial charge in [-0.3, -0.25) is 10.1 Å². The van der Waals surface area contributed by atoms with Crippen molar-refractivity contribution in [2.24, 2.45) is 0 Å². The smallest absolute Gasteiger partial charge is 0.348 e. The fraction of sp³-hybridized carbons (Fsp3) is 0.200. The molecule has 0 atom stereocenters. The fourth-order valence-electron chi connectivity index (χ4n) is 1.43. The Hall–Kier alpha value is -2.35. The molecule has 2 rings (SSSR count). The van der Waals surface area contributed by atoms with Crippen molar-refractivity contribution in [3.63, 3.8) is 0 Å². The van der Waals surface area contributed by atoms with E-state index in [1.54, 1.807) is 19.2 Å². The molecule has 98 valence electrons. The molecule has 9 heteroatoms. The Labute approximate surface area is 113 Å². The fourth-order valence-corrected chi connectivity index (χ4v) is 1.63. The third kappa shape index (κ3) is 3.10. The van der Waals surface area contributed by atoms with Crippen LogP contribution < -0.4 is 5.32 Å². The normalized spacial score (nSPS) is 10.2. The summed E-state index contributed by atoms with van der Waals surface area (Å²) in [6.45, 7) is 2.03. The number of hydrogen-bond donors (Lipinski definition) is 1. The summed E-state index contributed by atoms with van der Waals surface area (Å²) in [4.78, 5) is 25.8. The Balaban J connectivity index is 2.20. The van der Waals surface area contributed by atoms with Crippen molar-refractivity contribution in [2.45, 2.75) is 13.5 Å². The molecule has 0 radical (unpaired) electrons. The molecule has 2 aromatic rings. The number of aromatic nitrogens is 4. The number of halogens is 1. The molecule has 0 saturated heterocycles. The highest BCUT2D eigenvalue weighted by molar-refractivity contribution is 6.31. The van der Waals surface area contributed by atoms with E-state index in [1.807, 2.05) is 0 Å². The van der Waals surface area contributed by atoms with E-state index in [1.165, 1.54) is 0 Å². The number of nitrogens with zero attached hydrogens (tertiary/aromatic N) is 5. The van der Waals surface area contributed by atoms with Crippen LogP contribution in [-0.4, -0.2) is 24.9 Å². The summed E-state index contributed by atoms with van der Waals surface area (Å²) in [5, 5.41) is 13.5. The van der Waals surface area contributed by atoms with Crippen molar-refractivity contribution in [3.05, 3.63) is 45.4 Å². The lowest BCUT2D eigenvalue weighted by atomic mass is 10.4. The van der Waals surface area contributed by atoms with Crippen LogP contribution in [0.4, 0.5) is 11.5 Å². The summed E-state index contributed by atoms with van der Waals surface area (Å²) < 4.78 is 0. The first kappa shape index (κ1) is 13.1. The predicted octanol–water partition coefficient (Wildman–Crippen LogP) is 1.75. The van der Waals surface area contributed by atoms with E-state index in [9.17, 15) is 10.1 Å². The standard InChI is InChI=1S/C10H9ClN6O2/c1-6-12-3-2-7(16-6)4-13-10-8(17(18)19)9(11)14-5-15-10/h2-3,5H,4H2,1H3,(H,13,14,15). The molecule has 0 unspecified atom stereocenters. The molecule has 0 fully saturated rings. The van der Waals surface area contributed by atoms with Crippen LogP contribution in [0.5, 0.6) is 0 Å². The van der Waals surface area contributed by atoms with Crippen molar-refractivity contribution >= 4 is 23.1 Å².